The van der Waals surface area contributed by atoms with E-state index in [4.69, 9.17) is 11.6 Å². The third kappa shape index (κ3) is 2.94. The Morgan fingerprint density at radius 2 is 1.96 bits per heavy atom. The molecule has 0 atom stereocenters. The molecule has 118 valence electrons. The number of H-pyrrole nitrogens is 1. The van der Waals surface area contributed by atoms with Crippen molar-refractivity contribution in [3.63, 3.8) is 0 Å². The third-order valence-corrected chi connectivity index (χ3v) is 4.86. The van der Waals surface area contributed by atoms with E-state index in [1.807, 2.05) is 60.0 Å². The van der Waals surface area contributed by atoms with E-state index in [0.29, 0.717) is 9.90 Å². The van der Waals surface area contributed by atoms with Crippen molar-refractivity contribution in [2.24, 2.45) is 0 Å². The molecular formula is C19H13ClN2OS. The molecule has 0 saturated carbocycles. The van der Waals surface area contributed by atoms with Crippen LogP contribution in [-0.2, 0) is 0 Å². The maximum atomic E-state index is 12.2. The molecule has 0 unspecified atom stereocenters. The number of anilines is 1. The lowest BCUT2D eigenvalue weighted by atomic mass is 10.1. The number of rotatable bonds is 3. The third-order valence-electron chi connectivity index (χ3n) is 3.76. The Hall–Kier alpha value is -2.56. The topological polar surface area (TPSA) is 44.9 Å². The summed E-state index contributed by atoms with van der Waals surface area (Å²) in [6.07, 6.45) is 0. The predicted octanol–water partition coefficient (Wildman–Crippen LogP) is 5.80. The molecule has 2 heterocycles. The summed E-state index contributed by atoms with van der Waals surface area (Å²) in [5.41, 5.74) is 3.79. The van der Waals surface area contributed by atoms with E-state index >= 15 is 0 Å². The highest BCUT2D eigenvalue weighted by Crippen LogP contribution is 2.28. The summed E-state index contributed by atoms with van der Waals surface area (Å²) >= 11 is 7.47. The predicted molar refractivity (Wildman–Crippen MR) is 101 cm³/mol. The summed E-state index contributed by atoms with van der Waals surface area (Å²) in [5.74, 6) is -0.0921. The molecule has 0 bridgehead atoms. The summed E-state index contributed by atoms with van der Waals surface area (Å²) in [6.45, 7) is 0. The number of hydrogen-bond acceptors (Lipinski definition) is 2. The first-order valence-corrected chi connectivity index (χ1v) is 8.68. The fourth-order valence-corrected chi connectivity index (χ4v) is 3.42. The number of carbonyl (C=O) groups excluding carboxylic acids is 1. The number of aromatic amines is 1. The molecule has 0 fully saturated rings. The van der Waals surface area contributed by atoms with Gasteiger partial charge in [-0.2, -0.15) is 0 Å². The van der Waals surface area contributed by atoms with Crippen molar-refractivity contribution in [1.29, 1.82) is 0 Å². The van der Waals surface area contributed by atoms with Crippen molar-refractivity contribution < 1.29 is 4.79 Å². The van der Waals surface area contributed by atoms with Gasteiger partial charge < -0.3 is 10.3 Å². The molecule has 2 aromatic heterocycles. The lowest BCUT2D eigenvalue weighted by Crippen LogP contribution is -2.09. The molecule has 0 aliphatic heterocycles. The monoisotopic (exact) mass is 352 g/mol. The number of carbonyl (C=O) groups is 1. The summed E-state index contributed by atoms with van der Waals surface area (Å²) in [6, 6.07) is 19.3. The summed E-state index contributed by atoms with van der Waals surface area (Å²) in [7, 11) is 0. The SMILES string of the molecule is O=C(Nc1cccc(-c2cc3cc(Cl)ccc3[nH]2)c1)c1cccs1. The Balaban J connectivity index is 1.65. The van der Waals surface area contributed by atoms with Crippen molar-refractivity contribution in [2.75, 3.05) is 5.32 Å². The second kappa shape index (κ2) is 6.15. The molecule has 5 heteroatoms. The Bertz CT molecular complexity index is 1020. The first-order chi connectivity index (χ1) is 11.7. The molecule has 0 radical (unpaired) electrons. The van der Waals surface area contributed by atoms with Gasteiger partial charge in [-0.3, -0.25) is 4.79 Å². The standard InChI is InChI=1S/C19H13ClN2OS/c20-14-6-7-16-13(9-14)11-17(22-16)12-3-1-4-15(10-12)21-19(23)18-5-2-8-24-18/h1-11,22H,(H,21,23). The van der Waals surface area contributed by atoms with E-state index in [9.17, 15) is 4.79 Å². The zero-order chi connectivity index (χ0) is 16.5. The molecule has 4 aromatic rings. The van der Waals surface area contributed by atoms with Gasteiger partial charge >= 0.3 is 0 Å². The molecule has 0 saturated heterocycles. The van der Waals surface area contributed by atoms with Crippen LogP contribution in [0.5, 0.6) is 0 Å². The number of hydrogen-bond donors (Lipinski definition) is 2. The van der Waals surface area contributed by atoms with E-state index in [2.05, 4.69) is 16.4 Å². The zero-order valence-corrected chi connectivity index (χ0v) is 14.1. The zero-order valence-electron chi connectivity index (χ0n) is 12.5. The van der Waals surface area contributed by atoms with E-state index < -0.39 is 0 Å². The average molecular weight is 353 g/mol. The van der Waals surface area contributed by atoms with E-state index in [-0.39, 0.29) is 5.91 Å². The van der Waals surface area contributed by atoms with Gasteiger partial charge in [0.05, 0.1) is 4.88 Å². The second-order valence-corrected chi connectivity index (χ2v) is 6.81. The molecule has 24 heavy (non-hydrogen) atoms. The number of aromatic nitrogens is 1. The maximum absolute atomic E-state index is 12.2. The van der Waals surface area contributed by atoms with Gasteiger partial charge in [0.15, 0.2) is 0 Å². The highest BCUT2D eigenvalue weighted by atomic mass is 35.5. The van der Waals surface area contributed by atoms with Gasteiger partial charge in [0.2, 0.25) is 0 Å². The van der Waals surface area contributed by atoms with Crippen molar-refractivity contribution in [3.8, 4) is 11.3 Å². The number of halogens is 1. The quantitative estimate of drug-likeness (QED) is 0.480. The average Bonchev–Trinajstić information content (AvgIpc) is 3.24. The van der Waals surface area contributed by atoms with Crippen LogP contribution in [-0.4, -0.2) is 10.9 Å². The van der Waals surface area contributed by atoms with Gasteiger partial charge in [0.1, 0.15) is 0 Å². The normalized spacial score (nSPS) is 10.9. The Morgan fingerprint density at radius 1 is 1.04 bits per heavy atom. The Morgan fingerprint density at radius 3 is 2.79 bits per heavy atom. The van der Waals surface area contributed by atoms with Crippen molar-refractivity contribution >= 4 is 45.4 Å². The molecule has 0 aliphatic carbocycles. The Labute approximate surface area is 147 Å². The molecule has 3 nitrogen and oxygen atoms in total. The van der Waals surface area contributed by atoms with E-state index in [1.54, 1.807) is 0 Å². The van der Waals surface area contributed by atoms with Gasteiger partial charge in [-0.05, 0) is 47.8 Å². The molecular weight excluding hydrogens is 340 g/mol. The molecule has 1 amide bonds. The first-order valence-electron chi connectivity index (χ1n) is 7.43. The lowest BCUT2D eigenvalue weighted by Gasteiger charge is -2.05. The number of amides is 1. The lowest BCUT2D eigenvalue weighted by molar-refractivity contribution is 0.103. The Kier molecular flexibility index (Phi) is 3.84. The van der Waals surface area contributed by atoms with Crippen LogP contribution in [0.4, 0.5) is 5.69 Å². The van der Waals surface area contributed by atoms with Crippen LogP contribution >= 0.6 is 22.9 Å². The number of thiophene rings is 1. The summed E-state index contributed by atoms with van der Waals surface area (Å²) in [4.78, 5) is 16.3. The largest absolute Gasteiger partial charge is 0.355 e. The fourth-order valence-electron chi connectivity index (χ4n) is 2.62. The van der Waals surface area contributed by atoms with Gasteiger partial charge in [0, 0.05) is 32.9 Å². The second-order valence-electron chi connectivity index (χ2n) is 5.43. The van der Waals surface area contributed by atoms with Gasteiger partial charge in [-0.1, -0.05) is 29.8 Å². The minimum Gasteiger partial charge on any atom is -0.355 e. The highest BCUT2D eigenvalue weighted by molar-refractivity contribution is 7.12. The van der Waals surface area contributed by atoms with Crippen LogP contribution in [0.3, 0.4) is 0 Å². The molecule has 2 aromatic carbocycles. The maximum Gasteiger partial charge on any atom is 0.265 e. The van der Waals surface area contributed by atoms with Crippen LogP contribution < -0.4 is 5.32 Å². The highest BCUT2D eigenvalue weighted by Gasteiger charge is 2.09. The van der Waals surface area contributed by atoms with Gasteiger partial charge in [-0.25, -0.2) is 0 Å². The first kappa shape index (κ1) is 15.0. The van der Waals surface area contributed by atoms with Crippen molar-refractivity contribution in [3.05, 3.63) is 75.9 Å². The number of nitrogens with one attached hydrogen (secondary N) is 2. The van der Waals surface area contributed by atoms with Crippen LogP contribution in [0.25, 0.3) is 22.2 Å². The number of benzene rings is 2. The summed E-state index contributed by atoms with van der Waals surface area (Å²) < 4.78 is 0. The molecule has 0 aliphatic rings. The number of fused-ring (bicyclic) bond motifs is 1. The van der Waals surface area contributed by atoms with Crippen LogP contribution in [0.2, 0.25) is 5.02 Å². The molecule has 2 N–H and O–H groups in total. The fraction of sp³-hybridized carbons (Fsp3) is 0. The minimum absolute atomic E-state index is 0.0921. The van der Waals surface area contributed by atoms with Gasteiger partial charge in [0.25, 0.3) is 5.91 Å². The molecule has 0 spiro atoms. The van der Waals surface area contributed by atoms with Crippen LogP contribution in [0, 0.1) is 0 Å². The van der Waals surface area contributed by atoms with Crippen molar-refractivity contribution in [2.45, 2.75) is 0 Å². The van der Waals surface area contributed by atoms with Crippen molar-refractivity contribution in [1.82, 2.24) is 4.98 Å². The summed E-state index contributed by atoms with van der Waals surface area (Å²) in [5, 5.41) is 6.60. The molecule has 4 rings (SSSR count). The van der Waals surface area contributed by atoms with Gasteiger partial charge in [-0.15, -0.1) is 11.3 Å². The van der Waals surface area contributed by atoms with E-state index in [0.717, 1.165) is 27.8 Å². The van der Waals surface area contributed by atoms with Crippen LogP contribution in [0.15, 0.2) is 66.0 Å². The minimum atomic E-state index is -0.0921. The van der Waals surface area contributed by atoms with E-state index in [1.165, 1.54) is 11.3 Å². The smallest absolute Gasteiger partial charge is 0.265 e. The van der Waals surface area contributed by atoms with Crippen LogP contribution in [0.1, 0.15) is 9.67 Å².